The second-order valence-corrected chi connectivity index (χ2v) is 4.61. The molecule has 1 heterocycles. The zero-order chi connectivity index (χ0) is 13.7. The molecule has 0 bridgehead atoms. The van der Waals surface area contributed by atoms with Crippen molar-refractivity contribution in [2.24, 2.45) is 11.7 Å². The Morgan fingerprint density at radius 1 is 1.47 bits per heavy atom. The predicted octanol–water partition coefficient (Wildman–Crippen LogP) is 1.52. The molecule has 1 aliphatic rings. The third-order valence-electron chi connectivity index (χ3n) is 3.35. The molecule has 5 nitrogen and oxygen atoms in total. The van der Waals surface area contributed by atoms with Crippen LogP contribution in [0.5, 0.6) is 5.75 Å². The molecule has 3 N–H and O–H groups in total. The molecule has 0 radical (unpaired) electrons. The number of ether oxygens (including phenoxy) is 2. The Morgan fingerprint density at radius 2 is 2.21 bits per heavy atom. The van der Waals surface area contributed by atoms with E-state index in [1.165, 1.54) is 0 Å². The van der Waals surface area contributed by atoms with Gasteiger partial charge in [0.1, 0.15) is 5.75 Å². The highest BCUT2D eigenvalue weighted by Gasteiger charge is 2.22. The highest BCUT2D eigenvalue weighted by atomic mass is 16.5. The predicted molar refractivity (Wildman–Crippen MR) is 73.1 cm³/mol. The largest absolute Gasteiger partial charge is 0.495 e. The van der Waals surface area contributed by atoms with Crippen LogP contribution in [0.4, 0.5) is 5.69 Å². The minimum atomic E-state index is 0.0210. The van der Waals surface area contributed by atoms with E-state index in [4.69, 9.17) is 15.2 Å². The summed E-state index contributed by atoms with van der Waals surface area (Å²) in [6.07, 6.45) is 1.55. The summed E-state index contributed by atoms with van der Waals surface area (Å²) in [7, 11) is 1.58. The van der Waals surface area contributed by atoms with Crippen LogP contribution in [-0.2, 0) is 16.1 Å². The van der Waals surface area contributed by atoms with E-state index in [0.29, 0.717) is 31.2 Å². The molecule has 0 spiro atoms. The highest BCUT2D eigenvalue weighted by Crippen LogP contribution is 2.27. The van der Waals surface area contributed by atoms with E-state index in [1.807, 2.05) is 18.2 Å². The molecule has 0 aliphatic carbocycles. The molecule has 1 saturated heterocycles. The Hall–Kier alpha value is -1.59. The summed E-state index contributed by atoms with van der Waals surface area (Å²) in [6.45, 7) is 1.76. The first-order valence-electron chi connectivity index (χ1n) is 6.50. The van der Waals surface area contributed by atoms with Crippen molar-refractivity contribution in [1.29, 1.82) is 0 Å². The molecule has 1 amide bonds. The second-order valence-electron chi connectivity index (χ2n) is 4.61. The fourth-order valence-corrected chi connectivity index (χ4v) is 2.16. The first kappa shape index (κ1) is 13.8. The van der Waals surface area contributed by atoms with Gasteiger partial charge in [0, 0.05) is 25.7 Å². The maximum Gasteiger partial charge on any atom is 0.227 e. The van der Waals surface area contributed by atoms with Crippen molar-refractivity contribution in [3.63, 3.8) is 0 Å². The second kappa shape index (κ2) is 6.54. The standard InChI is InChI=1S/C14H20N2O3/c1-18-13-8-10(9-15)2-3-12(13)16-14(17)11-4-6-19-7-5-11/h2-3,8,11H,4-7,9,15H2,1H3,(H,16,17). The number of benzene rings is 1. The fourth-order valence-electron chi connectivity index (χ4n) is 2.16. The summed E-state index contributed by atoms with van der Waals surface area (Å²) in [5.74, 6) is 0.693. The molecule has 0 unspecified atom stereocenters. The molecular weight excluding hydrogens is 244 g/mol. The van der Waals surface area contributed by atoms with Crippen LogP contribution in [0, 0.1) is 5.92 Å². The summed E-state index contributed by atoms with van der Waals surface area (Å²) < 4.78 is 10.5. The van der Waals surface area contributed by atoms with E-state index in [-0.39, 0.29) is 11.8 Å². The van der Waals surface area contributed by atoms with Crippen LogP contribution in [-0.4, -0.2) is 26.2 Å². The molecule has 2 rings (SSSR count). The molecule has 1 aromatic carbocycles. The van der Waals surface area contributed by atoms with E-state index in [9.17, 15) is 4.79 Å². The molecule has 1 aliphatic heterocycles. The van der Waals surface area contributed by atoms with Crippen molar-refractivity contribution in [2.45, 2.75) is 19.4 Å². The number of nitrogens with two attached hydrogens (primary N) is 1. The van der Waals surface area contributed by atoms with Crippen molar-refractivity contribution in [3.05, 3.63) is 23.8 Å². The third-order valence-corrected chi connectivity index (χ3v) is 3.35. The normalized spacial score (nSPS) is 16.1. The average Bonchev–Trinajstić information content (AvgIpc) is 2.48. The van der Waals surface area contributed by atoms with Crippen molar-refractivity contribution < 1.29 is 14.3 Å². The number of hydrogen-bond acceptors (Lipinski definition) is 4. The van der Waals surface area contributed by atoms with E-state index in [0.717, 1.165) is 18.4 Å². The summed E-state index contributed by atoms with van der Waals surface area (Å²) in [5, 5.41) is 2.92. The van der Waals surface area contributed by atoms with Crippen molar-refractivity contribution >= 4 is 11.6 Å². The van der Waals surface area contributed by atoms with Gasteiger partial charge in [-0.15, -0.1) is 0 Å². The topological polar surface area (TPSA) is 73.6 Å². The third kappa shape index (κ3) is 3.45. The van der Waals surface area contributed by atoms with Gasteiger partial charge in [-0.25, -0.2) is 0 Å². The first-order chi connectivity index (χ1) is 9.24. The number of anilines is 1. The molecule has 0 aromatic heterocycles. The van der Waals surface area contributed by atoms with Crippen LogP contribution < -0.4 is 15.8 Å². The van der Waals surface area contributed by atoms with Crippen LogP contribution >= 0.6 is 0 Å². The molecule has 1 aromatic rings. The van der Waals surface area contributed by atoms with Gasteiger partial charge in [0.15, 0.2) is 0 Å². The van der Waals surface area contributed by atoms with Crippen LogP contribution in [0.25, 0.3) is 0 Å². The molecule has 1 fully saturated rings. The summed E-state index contributed by atoms with van der Waals surface area (Å²) in [6, 6.07) is 5.57. The van der Waals surface area contributed by atoms with Gasteiger partial charge in [0.25, 0.3) is 0 Å². The van der Waals surface area contributed by atoms with Crippen LogP contribution in [0.3, 0.4) is 0 Å². The Balaban J connectivity index is 2.07. The van der Waals surface area contributed by atoms with Gasteiger partial charge in [-0.1, -0.05) is 6.07 Å². The molecule has 19 heavy (non-hydrogen) atoms. The minimum Gasteiger partial charge on any atom is -0.495 e. The van der Waals surface area contributed by atoms with E-state index >= 15 is 0 Å². The Bertz CT molecular complexity index is 442. The average molecular weight is 264 g/mol. The first-order valence-corrected chi connectivity index (χ1v) is 6.50. The zero-order valence-electron chi connectivity index (χ0n) is 11.1. The van der Waals surface area contributed by atoms with Gasteiger partial charge < -0.3 is 20.5 Å². The molecule has 104 valence electrons. The number of nitrogens with one attached hydrogen (secondary N) is 1. The smallest absolute Gasteiger partial charge is 0.227 e. The number of carbonyl (C=O) groups is 1. The number of rotatable bonds is 4. The number of carbonyl (C=O) groups excluding carboxylic acids is 1. The quantitative estimate of drug-likeness (QED) is 0.864. The van der Waals surface area contributed by atoms with E-state index in [1.54, 1.807) is 7.11 Å². The van der Waals surface area contributed by atoms with E-state index in [2.05, 4.69) is 5.32 Å². The van der Waals surface area contributed by atoms with Gasteiger partial charge in [-0.2, -0.15) is 0 Å². The van der Waals surface area contributed by atoms with Crippen molar-refractivity contribution in [2.75, 3.05) is 25.6 Å². The van der Waals surface area contributed by atoms with Crippen LogP contribution in [0.1, 0.15) is 18.4 Å². The monoisotopic (exact) mass is 264 g/mol. The van der Waals surface area contributed by atoms with Gasteiger partial charge in [0.2, 0.25) is 5.91 Å². The summed E-state index contributed by atoms with van der Waals surface area (Å²) in [5.41, 5.74) is 7.25. The summed E-state index contributed by atoms with van der Waals surface area (Å²) >= 11 is 0. The van der Waals surface area contributed by atoms with Crippen molar-refractivity contribution in [3.8, 4) is 5.75 Å². The van der Waals surface area contributed by atoms with Gasteiger partial charge >= 0.3 is 0 Å². The maximum absolute atomic E-state index is 12.1. The Morgan fingerprint density at radius 3 is 2.84 bits per heavy atom. The zero-order valence-corrected chi connectivity index (χ0v) is 11.1. The van der Waals surface area contributed by atoms with Gasteiger partial charge in [0.05, 0.1) is 12.8 Å². The highest BCUT2D eigenvalue weighted by molar-refractivity contribution is 5.94. The number of amides is 1. The Kier molecular flexibility index (Phi) is 4.76. The molecule has 0 atom stereocenters. The minimum absolute atomic E-state index is 0.0210. The molecule has 0 saturated carbocycles. The lowest BCUT2D eigenvalue weighted by molar-refractivity contribution is -0.122. The lowest BCUT2D eigenvalue weighted by atomic mass is 9.99. The SMILES string of the molecule is COc1cc(CN)ccc1NC(=O)C1CCOCC1. The Labute approximate surface area is 113 Å². The fraction of sp³-hybridized carbons (Fsp3) is 0.500. The number of hydrogen-bond donors (Lipinski definition) is 2. The lowest BCUT2D eigenvalue weighted by Gasteiger charge is -2.21. The maximum atomic E-state index is 12.1. The molecule has 5 heteroatoms. The lowest BCUT2D eigenvalue weighted by Crippen LogP contribution is -2.28. The van der Waals surface area contributed by atoms with Gasteiger partial charge in [-0.05, 0) is 30.5 Å². The summed E-state index contributed by atoms with van der Waals surface area (Å²) in [4.78, 5) is 12.1. The van der Waals surface area contributed by atoms with E-state index < -0.39 is 0 Å². The molecular formula is C14H20N2O3. The van der Waals surface area contributed by atoms with Crippen LogP contribution in [0.2, 0.25) is 0 Å². The van der Waals surface area contributed by atoms with Crippen molar-refractivity contribution in [1.82, 2.24) is 0 Å². The van der Waals surface area contributed by atoms with Crippen LogP contribution in [0.15, 0.2) is 18.2 Å². The van der Waals surface area contributed by atoms with Gasteiger partial charge in [-0.3, -0.25) is 4.79 Å². The number of methoxy groups -OCH3 is 1.